The first-order chi connectivity index (χ1) is 12.2. The van der Waals surface area contributed by atoms with E-state index in [9.17, 15) is 4.79 Å². The van der Waals surface area contributed by atoms with Crippen LogP contribution < -0.4 is 5.32 Å². The van der Waals surface area contributed by atoms with Crippen molar-refractivity contribution in [1.82, 2.24) is 5.32 Å². The number of nitrogens with one attached hydrogen (secondary N) is 1. The molecule has 0 spiro atoms. The molecule has 1 N–H and O–H groups in total. The van der Waals surface area contributed by atoms with Crippen molar-refractivity contribution < 1.29 is 9.53 Å². The molecule has 2 atom stereocenters. The molecule has 0 fully saturated rings. The number of hydrogen-bond acceptors (Lipinski definition) is 3. The second-order valence-electron chi connectivity index (χ2n) is 6.21. The fourth-order valence-corrected chi connectivity index (χ4v) is 3.26. The lowest BCUT2D eigenvalue weighted by atomic mass is 9.87. The standard InChI is InChI=1S/C22H23NO2/c1-16(24)25-22(18-9-4-3-5-10-18)21(15-23-2)20-13-12-17-8-6-7-11-19(17)14-20/h3-14,21-23H,15H2,1-2H3/t21-,22?/m1/s1. The molecule has 0 radical (unpaired) electrons. The smallest absolute Gasteiger partial charge is 0.303 e. The highest BCUT2D eigenvalue weighted by molar-refractivity contribution is 5.83. The molecule has 3 aromatic rings. The minimum absolute atomic E-state index is 0.0286. The van der Waals surface area contributed by atoms with Crippen LogP contribution in [-0.2, 0) is 9.53 Å². The molecule has 3 rings (SSSR count). The maximum atomic E-state index is 11.7. The Morgan fingerprint density at radius 3 is 2.28 bits per heavy atom. The summed E-state index contributed by atoms with van der Waals surface area (Å²) in [7, 11) is 1.92. The molecule has 3 nitrogen and oxygen atoms in total. The molecule has 25 heavy (non-hydrogen) atoms. The number of benzene rings is 3. The molecule has 0 aromatic heterocycles. The van der Waals surface area contributed by atoms with Crippen LogP contribution >= 0.6 is 0 Å². The highest BCUT2D eigenvalue weighted by Gasteiger charge is 2.27. The van der Waals surface area contributed by atoms with Crippen LogP contribution in [0.1, 0.15) is 30.1 Å². The minimum Gasteiger partial charge on any atom is -0.457 e. The Labute approximate surface area is 148 Å². The van der Waals surface area contributed by atoms with Crippen LogP contribution in [0.3, 0.4) is 0 Å². The normalized spacial score (nSPS) is 13.4. The SMILES string of the molecule is CNC[C@H](c1ccc2ccccc2c1)C(OC(C)=O)c1ccccc1. The molecule has 0 bridgehead atoms. The Morgan fingerprint density at radius 1 is 0.920 bits per heavy atom. The maximum absolute atomic E-state index is 11.7. The quantitative estimate of drug-likeness (QED) is 0.677. The predicted molar refractivity (Wildman–Crippen MR) is 102 cm³/mol. The van der Waals surface area contributed by atoms with Gasteiger partial charge in [-0.25, -0.2) is 0 Å². The number of ether oxygens (including phenoxy) is 1. The number of carbonyl (C=O) groups excluding carboxylic acids is 1. The van der Waals surface area contributed by atoms with Gasteiger partial charge in [0.05, 0.1) is 0 Å². The predicted octanol–water partition coefficient (Wildman–Crippen LogP) is 4.45. The topological polar surface area (TPSA) is 38.3 Å². The molecule has 3 heteroatoms. The number of hydrogen-bond donors (Lipinski definition) is 1. The van der Waals surface area contributed by atoms with E-state index in [4.69, 9.17) is 4.74 Å². The Morgan fingerprint density at radius 2 is 1.60 bits per heavy atom. The number of rotatable bonds is 6. The van der Waals surface area contributed by atoms with Crippen molar-refractivity contribution >= 4 is 16.7 Å². The number of fused-ring (bicyclic) bond motifs is 1. The maximum Gasteiger partial charge on any atom is 0.303 e. The van der Waals surface area contributed by atoms with E-state index in [1.54, 1.807) is 0 Å². The molecule has 0 aliphatic rings. The van der Waals surface area contributed by atoms with Gasteiger partial charge in [-0.15, -0.1) is 0 Å². The molecule has 128 valence electrons. The van der Waals surface area contributed by atoms with Crippen LogP contribution in [0.15, 0.2) is 72.8 Å². The fraction of sp³-hybridized carbons (Fsp3) is 0.227. The zero-order valence-corrected chi connectivity index (χ0v) is 14.6. The molecule has 0 saturated heterocycles. The molecule has 0 amide bonds. The summed E-state index contributed by atoms with van der Waals surface area (Å²) in [5, 5.41) is 5.64. The first-order valence-electron chi connectivity index (χ1n) is 8.54. The summed E-state index contributed by atoms with van der Waals surface area (Å²) in [5.41, 5.74) is 2.16. The third kappa shape index (κ3) is 4.06. The molecule has 0 saturated carbocycles. The summed E-state index contributed by atoms with van der Waals surface area (Å²) in [6.07, 6.45) is -0.327. The second kappa shape index (κ2) is 7.95. The molecule has 0 heterocycles. The van der Waals surface area contributed by atoms with Gasteiger partial charge in [0.25, 0.3) is 0 Å². The number of likely N-dealkylation sites (N-methyl/N-ethyl adjacent to an activating group) is 1. The van der Waals surface area contributed by atoms with Crippen molar-refractivity contribution in [3.63, 3.8) is 0 Å². The lowest BCUT2D eigenvalue weighted by molar-refractivity contribution is -0.148. The highest BCUT2D eigenvalue weighted by atomic mass is 16.5. The first-order valence-corrected chi connectivity index (χ1v) is 8.54. The van der Waals surface area contributed by atoms with Gasteiger partial charge in [0, 0.05) is 19.4 Å². The molecule has 1 unspecified atom stereocenters. The van der Waals surface area contributed by atoms with Crippen molar-refractivity contribution in [2.75, 3.05) is 13.6 Å². The summed E-state index contributed by atoms with van der Waals surface area (Å²) < 4.78 is 5.74. The van der Waals surface area contributed by atoms with Gasteiger partial charge >= 0.3 is 5.97 Å². The third-order valence-corrected chi connectivity index (χ3v) is 4.41. The van der Waals surface area contributed by atoms with Crippen LogP contribution in [0.5, 0.6) is 0 Å². The monoisotopic (exact) mass is 333 g/mol. The summed E-state index contributed by atoms with van der Waals surface area (Å²) in [6, 6.07) is 24.7. The number of esters is 1. The van der Waals surface area contributed by atoms with E-state index in [1.807, 2.05) is 49.5 Å². The zero-order chi connectivity index (χ0) is 17.6. The average molecular weight is 333 g/mol. The van der Waals surface area contributed by atoms with Crippen LogP contribution in [0.2, 0.25) is 0 Å². The zero-order valence-electron chi connectivity index (χ0n) is 14.6. The highest BCUT2D eigenvalue weighted by Crippen LogP contribution is 2.35. The van der Waals surface area contributed by atoms with Gasteiger partial charge in [-0.1, -0.05) is 72.8 Å². The van der Waals surface area contributed by atoms with E-state index in [0.717, 1.165) is 11.1 Å². The van der Waals surface area contributed by atoms with Crippen molar-refractivity contribution in [3.05, 3.63) is 83.9 Å². The molecular formula is C22H23NO2. The summed E-state index contributed by atoms with van der Waals surface area (Å²) >= 11 is 0. The molecule has 3 aromatic carbocycles. The van der Waals surface area contributed by atoms with Gasteiger partial charge in [-0.3, -0.25) is 4.79 Å². The van der Waals surface area contributed by atoms with E-state index in [-0.39, 0.29) is 18.0 Å². The number of carbonyl (C=O) groups is 1. The Hall–Kier alpha value is -2.65. The van der Waals surface area contributed by atoms with E-state index in [1.165, 1.54) is 17.7 Å². The summed E-state index contributed by atoms with van der Waals surface area (Å²) in [4.78, 5) is 11.7. The van der Waals surface area contributed by atoms with E-state index >= 15 is 0 Å². The Kier molecular flexibility index (Phi) is 5.46. The minimum atomic E-state index is -0.327. The van der Waals surface area contributed by atoms with Gasteiger partial charge in [0.15, 0.2) is 0 Å². The molecule has 0 aliphatic heterocycles. The van der Waals surface area contributed by atoms with Crippen molar-refractivity contribution in [1.29, 1.82) is 0 Å². The Balaban J connectivity index is 2.05. The van der Waals surface area contributed by atoms with Crippen LogP contribution in [0.4, 0.5) is 0 Å². The van der Waals surface area contributed by atoms with Crippen LogP contribution in [-0.4, -0.2) is 19.6 Å². The molecule has 0 aliphatic carbocycles. The lowest BCUT2D eigenvalue weighted by Gasteiger charge is -2.28. The second-order valence-corrected chi connectivity index (χ2v) is 6.21. The van der Waals surface area contributed by atoms with E-state index in [2.05, 4.69) is 35.6 Å². The van der Waals surface area contributed by atoms with Crippen molar-refractivity contribution in [2.24, 2.45) is 0 Å². The van der Waals surface area contributed by atoms with Crippen LogP contribution in [0, 0.1) is 0 Å². The Bertz CT molecular complexity index is 845. The third-order valence-electron chi connectivity index (χ3n) is 4.41. The lowest BCUT2D eigenvalue weighted by Crippen LogP contribution is -2.26. The van der Waals surface area contributed by atoms with Crippen LogP contribution in [0.25, 0.3) is 10.8 Å². The average Bonchev–Trinajstić information content (AvgIpc) is 2.64. The fourth-order valence-electron chi connectivity index (χ4n) is 3.26. The van der Waals surface area contributed by atoms with Gasteiger partial charge in [-0.2, -0.15) is 0 Å². The summed E-state index contributed by atoms with van der Waals surface area (Å²) in [6.45, 7) is 2.18. The molecular weight excluding hydrogens is 310 g/mol. The first kappa shape index (κ1) is 17.2. The van der Waals surface area contributed by atoms with Crippen molar-refractivity contribution in [3.8, 4) is 0 Å². The van der Waals surface area contributed by atoms with Gasteiger partial charge < -0.3 is 10.1 Å². The largest absolute Gasteiger partial charge is 0.457 e. The summed E-state index contributed by atoms with van der Waals surface area (Å²) in [5.74, 6) is -0.239. The van der Waals surface area contributed by atoms with E-state index in [0.29, 0.717) is 6.54 Å². The van der Waals surface area contributed by atoms with Gasteiger partial charge in [0.2, 0.25) is 0 Å². The van der Waals surface area contributed by atoms with Gasteiger partial charge in [0.1, 0.15) is 6.10 Å². The van der Waals surface area contributed by atoms with E-state index < -0.39 is 0 Å². The van der Waals surface area contributed by atoms with Crippen molar-refractivity contribution in [2.45, 2.75) is 18.9 Å². The van der Waals surface area contributed by atoms with Gasteiger partial charge in [-0.05, 0) is 28.9 Å².